The summed E-state index contributed by atoms with van der Waals surface area (Å²) in [6.45, 7) is 6.90. The average Bonchev–Trinajstić information content (AvgIpc) is 2.98. The molecule has 1 fully saturated rings. The van der Waals surface area contributed by atoms with E-state index in [2.05, 4.69) is 29.9 Å². The van der Waals surface area contributed by atoms with Gasteiger partial charge in [-0.05, 0) is 31.4 Å². The van der Waals surface area contributed by atoms with Gasteiger partial charge in [-0.25, -0.2) is 0 Å². The number of carbonyl (C=O) groups is 1. The first-order valence-corrected chi connectivity index (χ1v) is 7.52. The molecule has 1 saturated heterocycles. The molecular weight excluding hydrogens is 260 g/mol. The molecule has 3 heterocycles. The summed E-state index contributed by atoms with van der Waals surface area (Å²) in [4.78, 5) is 14.5. The monoisotopic (exact) mass is 278 g/mol. The van der Waals surface area contributed by atoms with E-state index in [1.165, 1.54) is 4.70 Å². The molecule has 3 rings (SSSR count). The number of thiophene rings is 1. The summed E-state index contributed by atoms with van der Waals surface area (Å²) in [7, 11) is 0. The lowest BCUT2D eigenvalue weighted by Gasteiger charge is -2.27. The fourth-order valence-corrected chi connectivity index (χ4v) is 3.40. The molecule has 0 atom stereocenters. The number of morpholine rings is 1. The standard InChI is InChI=1S/C14H18N2O2S/c1-10(2)16-11-3-8-19-13(11)9-12(16)14(17)15-4-6-18-7-5-15/h3,8-10H,4-7H2,1-2H3. The molecule has 1 amide bonds. The normalized spacial score (nSPS) is 16.5. The topological polar surface area (TPSA) is 34.5 Å². The van der Waals surface area contributed by atoms with Gasteiger partial charge in [0.15, 0.2) is 0 Å². The lowest BCUT2D eigenvalue weighted by molar-refractivity contribution is 0.0295. The van der Waals surface area contributed by atoms with Crippen LogP contribution in [0, 0.1) is 0 Å². The Balaban J connectivity index is 2.01. The van der Waals surface area contributed by atoms with Crippen molar-refractivity contribution < 1.29 is 9.53 Å². The number of hydrogen-bond acceptors (Lipinski definition) is 3. The predicted octanol–water partition coefficient (Wildman–Crippen LogP) is 2.76. The third kappa shape index (κ3) is 2.17. The SMILES string of the molecule is CC(C)n1c(C(=O)N2CCOCC2)cc2sccc21. The zero-order valence-corrected chi connectivity index (χ0v) is 12.1. The summed E-state index contributed by atoms with van der Waals surface area (Å²) in [6.07, 6.45) is 0. The maximum atomic E-state index is 12.6. The molecular formula is C14H18N2O2S. The highest BCUT2D eigenvalue weighted by molar-refractivity contribution is 7.17. The molecule has 0 bridgehead atoms. The second kappa shape index (κ2) is 4.98. The fraction of sp³-hybridized carbons (Fsp3) is 0.500. The largest absolute Gasteiger partial charge is 0.378 e. The number of fused-ring (bicyclic) bond motifs is 1. The van der Waals surface area contributed by atoms with Crippen LogP contribution in [0.4, 0.5) is 0 Å². The summed E-state index contributed by atoms with van der Waals surface area (Å²) in [5, 5.41) is 2.08. The van der Waals surface area contributed by atoms with Gasteiger partial charge < -0.3 is 14.2 Å². The molecule has 5 heteroatoms. The zero-order valence-electron chi connectivity index (χ0n) is 11.3. The molecule has 0 N–H and O–H groups in total. The number of nitrogens with zero attached hydrogens (tertiary/aromatic N) is 2. The molecule has 2 aromatic heterocycles. The van der Waals surface area contributed by atoms with Crippen molar-refractivity contribution in [2.45, 2.75) is 19.9 Å². The Kier molecular flexibility index (Phi) is 3.33. The van der Waals surface area contributed by atoms with Crippen molar-refractivity contribution in [3.05, 3.63) is 23.2 Å². The quantitative estimate of drug-likeness (QED) is 0.846. The summed E-state index contributed by atoms with van der Waals surface area (Å²) < 4.78 is 8.64. The van der Waals surface area contributed by atoms with Crippen LogP contribution in [0.1, 0.15) is 30.4 Å². The first-order chi connectivity index (χ1) is 9.18. The summed E-state index contributed by atoms with van der Waals surface area (Å²) in [5.74, 6) is 0.125. The lowest BCUT2D eigenvalue weighted by Crippen LogP contribution is -2.41. The Bertz CT molecular complexity index is 594. The smallest absolute Gasteiger partial charge is 0.270 e. The maximum absolute atomic E-state index is 12.6. The van der Waals surface area contributed by atoms with E-state index in [0.717, 1.165) is 11.2 Å². The van der Waals surface area contributed by atoms with Gasteiger partial charge in [0.25, 0.3) is 5.91 Å². The van der Waals surface area contributed by atoms with Gasteiger partial charge in [-0.2, -0.15) is 0 Å². The molecule has 0 spiro atoms. The van der Waals surface area contributed by atoms with Crippen LogP contribution in [0.15, 0.2) is 17.5 Å². The number of ether oxygens (including phenoxy) is 1. The van der Waals surface area contributed by atoms with Gasteiger partial charge in [0.05, 0.1) is 23.4 Å². The van der Waals surface area contributed by atoms with E-state index in [4.69, 9.17) is 4.74 Å². The second-order valence-electron chi connectivity index (χ2n) is 5.07. The fourth-order valence-electron chi connectivity index (χ4n) is 2.59. The van der Waals surface area contributed by atoms with Crippen molar-refractivity contribution >= 4 is 27.5 Å². The third-order valence-corrected chi connectivity index (χ3v) is 4.35. The van der Waals surface area contributed by atoms with Gasteiger partial charge in [-0.3, -0.25) is 4.79 Å². The van der Waals surface area contributed by atoms with Gasteiger partial charge in [-0.1, -0.05) is 0 Å². The lowest BCUT2D eigenvalue weighted by atomic mass is 10.3. The van der Waals surface area contributed by atoms with Crippen LogP contribution in [-0.2, 0) is 4.74 Å². The van der Waals surface area contributed by atoms with Crippen LogP contribution in [-0.4, -0.2) is 41.7 Å². The minimum absolute atomic E-state index is 0.125. The molecule has 1 aliphatic rings. The summed E-state index contributed by atoms with van der Waals surface area (Å²) in [5.41, 5.74) is 1.97. The van der Waals surface area contributed by atoms with Crippen molar-refractivity contribution in [3.63, 3.8) is 0 Å². The Morgan fingerprint density at radius 2 is 2.11 bits per heavy atom. The number of aromatic nitrogens is 1. The summed E-state index contributed by atoms with van der Waals surface area (Å²) >= 11 is 1.69. The molecule has 0 aromatic carbocycles. The predicted molar refractivity (Wildman–Crippen MR) is 76.9 cm³/mol. The van der Waals surface area contributed by atoms with E-state index in [1.807, 2.05) is 11.0 Å². The highest BCUT2D eigenvalue weighted by atomic mass is 32.1. The van der Waals surface area contributed by atoms with Crippen LogP contribution in [0.2, 0.25) is 0 Å². The second-order valence-corrected chi connectivity index (χ2v) is 6.02. The Morgan fingerprint density at radius 3 is 2.79 bits per heavy atom. The zero-order chi connectivity index (χ0) is 13.4. The number of amides is 1. The molecule has 1 aliphatic heterocycles. The van der Waals surface area contributed by atoms with Gasteiger partial charge in [0.1, 0.15) is 5.69 Å². The van der Waals surface area contributed by atoms with Crippen molar-refractivity contribution in [2.75, 3.05) is 26.3 Å². The number of carbonyl (C=O) groups excluding carboxylic acids is 1. The van der Waals surface area contributed by atoms with E-state index in [-0.39, 0.29) is 11.9 Å². The molecule has 4 nitrogen and oxygen atoms in total. The van der Waals surface area contributed by atoms with Crippen molar-refractivity contribution in [1.29, 1.82) is 0 Å². The van der Waals surface area contributed by atoms with Crippen molar-refractivity contribution in [1.82, 2.24) is 9.47 Å². The number of rotatable bonds is 2. The minimum Gasteiger partial charge on any atom is -0.378 e. The molecule has 2 aromatic rings. The molecule has 0 unspecified atom stereocenters. The highest BCUT2D eigenvalue weighted by Gasteiger charge is 2.24. The van der Waals surface area contributed by atoms with Gasteiger partial charge >= 0.3 is 0 Å². The molecule has 0 radical (unpaired) electrons. The van der Waals surface area contributed by atoms with E-state index < -0.39 is 0 Å². The highest BCUT2D eigenvalue weighted by Crippen LogP contribution is 2.29. The van der Waals surface area contributed by atoms with Crippen LogP contribution >= 0.6 is 11.3 Å². The average molecular weight is 278 g/mol. The molecule has 0 aliphatic carbocycles. The Morgan fingerprint density at radius 1 is 1.37 bits per heavy atom. The van der Waals surface area contributed by atoms with E-state index in [1.54, 1.807) is 11.3 Å². The van der Waals surface area contributed by atoms with E-state index in [9.17, 15) is 4.79 Å². The molecule has 19 heavy (non-hydrogen) atoms. The van der Waals surface area contributed by atoms with Gasteiger partial charge in [-0.15, -0.1) is 11.3 Å². The van der Waals surface area contributed by atoms with Crippen LogP contribution in [0.25, 0.3) is 10.2 Å². The van der Waals surface area contributed by atoms with Crippen LogP contribution in [0.5, 0.6) is 0 Å². The van der Waals surface area contributed by atoms with Crippen molar-refractivity contribution in [2.24, 2.45) is 0 Å². The van der Waals surface area contributed by atoms with Gasteiger partial charge in [0.2, 0.25) is 0 Å². The number of hydrogen-bond donors (Lipinski definition) is 0. The first kappa shape index (κ1) is 12.7. The first-order valence-electron chi connectivity index (χ1n) is 6.64. The van der Waals surface area contributed by atoms with Crippen molar-refractivity contribution in [3.8, 4) is 0 Å². The maximum Gasteiger partial charge on any atom is 0.270 e. The molecule has 102 valence electrons. The van der Waals surface area contributed by atoms with Gasteiger partial charge in [0, 0.05) is 19.1 Å². The minimum atomic E-state index is 0.125. The molecule has 0 saturated carbocycles. The van der Waals surface area contributed by atoms with E-state index >= 15 is 0 Å². The third-order valence-electron chi connectivity index (χ3n) is 3.49. The Labute approximate surface area is 116 Å². The van der Waals surface area contributed by atoms with Crippen LogP contribution < -0.4 is 0 Å². The van der Waals surface area contributed by atoms with Crippen LogP contribution in [0.3, 0.4) is 0 Å². The Hall–Kier alpha value is -1.33. The van der Waals surface area contributed by atoms with E-state index in [0.29, 0.717) is 26.3 Å². The summed E-state index contributed by atoms with van der Waals surface area (Å²) in [6, 6.07) is 4.40.